The molecule has 3 saturated carbocycles. The second kappa shape index (κ2) is 15.4. The SMILES string of the molecule is Cc1cc(-c2[c-]cccc2)ncc1[Si](C)(C)C.[Ir].[c-]1ccc2c(oc3cccc(-c4ccccc4)c32)c1-c1cc(CC2CC3CCC2CC3)ccn1. The molecule has 3 nitrogen and oxygen atoms in total. The molecule has 0 spiro atoms. The van der Waals surface area contributed by atoms with Crippen LogP contribution < -0.4 is 5.19 Å². The van der Waals surface area contributed by atoms with Gasteiger partial charge in [0.25, 0.3) is 0 Å². The molecule has 3 heterocycles. The second-order valence-electron chi connectivity index (χ2n) is 15.7. The summed E-state index contributed by atoms with van der Waals surface area (Å²) in [5.74, 6) is 2.72. The van der Waals surface area contributed by atoms with Gasteiger partial charge in [-0.05, 0) is 90.2 Å². The summed E-state index contributed by atoms with van der Waals surface area (Å²) in [5.41, 5.74) is 10.9. The molecule has 3 aliphatic carbocycles. The molecule has 10 rings (SSSR count). The Morgan fingerprint density at radius 2 is 1.60 bits per heavy atom. The molecular weight excluding hydrogens is 829 g/mol. The largest absolute Gasteiger partial charge is 0.501 e. The van der Waals surface area contributed by atoms with E-state index in [2.05, 4.69) is 129 Å². The van der Waals surface area contributed by atoms with E-state index >= 15 is 0 Å². The Kier molecular flexibility index (Phi) is 10.8. The number of aromatic nitrogens is 2. The Balaban J connectivity index is 0.000000198. The van der Waals surface area contributed by atoms with Crippen molar-refractivity contribution < 1.29 is 24.5 Å². The summed E-state index contributed by atoms with van der Waals surface area (Å²) in [6, 6.07) is 42.3. The Labute approximate surface area is 323 Å². The summed E-state index contributed by atoms with van der Waals surface area (Å²) in [6.45, 7) is 9.24. The van der Waals surface area contributed by atoms with Crippen LogP contribution in [0.5, 0.6) is 0 Å². The van der Waals surface area contributed by atoms with E-state index in [1.807, 2.05) is 30.5 Å². The number of furan rings is 1. The Morgan fingerprint density at radius 1 is 0.788 bits per heavy atom. The van der Waals surface area contributed by atoms with E-state index < -0.39 is 8.07 Å². The maximum Gasteiger partial charge on any atom is 0.121 e. The molecule has 4 aromatic carbocycles. The van der Waals surface area contributed by atoms with Crippen LogP contribution in [-0.4, -0.2) is 18.0 Å². The van der Waals surface area contributed by atoms with Crippen molar-refractivity contribution in [2.75, 3.05) is 0 Å². The number of pyridine rings is 2. The number of benzene rings is 4. The molecule has 1 atom stereocenters. The summed E-state index contributed by atoms with van der Waals surface area (Å²) in [5, 5.41) is 3.73. The van der Waals surface area contributed by atoms with Gasteiger partial charge in [-0.3, -0.25) is 0 Å². The monoisotopic (exact) mass is 875 g/mol. The molecule has 0 amide bonds. The van der Waals surface area contributed by atoms with E-state index in [0.717, 1.165) is 62.2 Å². The molecule has 1 unspecified atom stereocenters. The predicted molar refractivity (Wildman–Crippen MR) is 215 cm³/mol. The van der Waals surface area contributed by atoms with Crippen molar-refractivity contribution in [2.45, 2.75) is 65.1 Å². The second-order valence-corrected chi connectivity index (χ2v) is 20.7. The Hall–Kier alpha value is -4.15. The molecule has 7 aromatic rings. The summed E-state index contributed by atoms with van der Waals surface area (Å²) >= 11 is 0. The van der Waals surface area contributed by atoms with Crippen molar-refractivity contribution >= 4 is 35.2 Å². The minimum Gasteiger partial charge on any atom is -0.501 e. The van der Waals surface area contributed by atoms with Gasteiger partial charge < -0.3 is 14.4 Å². The van der Waals surface area contributed by atoms with Crippen LogP contribution in [0.25, 0.3) is 55.6 Å². The van der Waals surface area contributed by atoms with Crippen LogP contribution in [0.3, 0.4) is 0 Å². The zero-order valence-electron chi connectivity index (χ0n) is 30.6. The van der Waals surface area contributed by atoms with Crippen LogP contribution in [0.15, 0.2) is 120 Å². The van der Waals surface area contributed by atoms with Gasteiger partial charge in [0.15, 0.2) is 0 Å². The fourth-order valence-electron chi connectivity index (χ4n) is 8.69. The van der Waals surface area contributed by atoms with E-state index in [9.17, 15) is 0 Å². The van der Waals surface area contributed by atoms with Gasteiger partial charge in [-0.1, -0.05) is 109 Å². The topological polar surface area (TPSA) is 38.9 Å². The normalized spacial score (nSPS) is 18.1. The van der Waals surface area contributed by atoms with Crippen LogP contribution in [0.1, 0.15) is 43.2 Å². The summed E-state index contributed by atoms with van der Waals surface area (Å²) in [4.78, 5) is 9.34. The number of rotatable bonds is 6. The van der Waals surface area contributed by atoms with Gasteiger partial charge in [-0.15, -0.1) is 54.1 Å². The van der Waals surface area contributed by atoms with Crippen LogP contribution in [0.2, 0.25) is 19.6 Å². The molecule has 5 heteroatoms. The van der Waals surface area contributed by atoms with Crippen LogP contribution in [0.4, 0.5) is 0 Å². The summed E-state index contributed by atoms with van der Waals surface area (Å²) in [7, 11) is -1.27. The molecule has 3 aliphatic rings. The molecule has 265 valence electrons. The van der Waals surface area contributed by atoms with Crippen molar-refractivity contribution in [1.29, 1.82) is 0 Å². The average Bonchev–Trinajstić information content (AvgIpc) is 3.55. The molecule has 0 N–H and O–H groups in total. The van der Waals surface area contributed by atoms with Crippen molar-refractivity contribution in [3.05, 3.63) is 139 Å². The van der Waals surface area contributed by atoms with E-state index in [4.69, 9.17) is 9.40 Å². The van der Waals surface area contributed by atoms with Crippen LogP contribution >= 0.6 is 0 Å². The quantitative estimate of drug-likeness (QED) is 0.123. The van der Waals surface area contributed by atoms with Crippen LogP contribution in [0, 0.1) is 36.8 Å². The smallest absolute Gasteiger partial charge is 0.121 e. The fraction of sp³-hybridized carbons (Fsp3) is 0.277. The average molecular weight is 875 g/mol. The standard InChI is InChI=1S/C32H28NO.C15H18NSi.Ir/c1-2-6-24(7-3-1)26-8-5-11-30-31(26)28-10-4-9-27(32(28)34-30)29-20-22(16-17-33-29)19-25-18-21-12-14-23(25)15-13-21;1-12-10-14(13-8-6-5-7-9-13)16-11-15(12)17(2,3)4;/h1-8,10-11,16-17,20-21,23,25H,12-15,18-19H2;5-8,10-11H,1-4H3;/q2*-1;. The minimum atomic E-state index is -1.27. The van der Waals surface area contributed by atoms with Crippen molar-refractivity contribution in [1.82, 2.24) is 9.97 Å². The molecule has 3 aromatic heterocycles. The Bertz CT molecular complexity index is 2280. The molecule has 3 fully saturated rings. The first-order chi connectivity index (χ1) is 24.8. The van der Waals surface area contributed by atoms with Gasteiger partial charge in [0.1, 0.15) is 5.58 Å². The first-order valence-corrected chi connectivity index (χ1v) is 22.1. The van der Waals surface area contributed by atoms with Gasteiger partial charge in [0, 0.05) is 37.9 Å². The number of hydrogen-bond acceptors (Lipinski definition) is 3. The number of nitrogens with zero attached hydrogens (tertiary/aromatic N) is 2. The fourth-order valence-corrected chi connectivity index (χ4v) is 10.4. The Morgan fingerprint density at radius 3 is 2.31 bits per heavy atom. The van der Waals surface area contributed by atoms with Crippen molar-refractivity contribution in [3.63, 3.8) is 0 Å². The zero-order valence-corrected chi connectivity index (χ0v) is 34.0. The number of aryl methyl sites for hydroxylation is 1. The maximum absolute atomic E-state index is 6.46. The first-order valence-electron chi connectivity index (χ1n) is 18.6. The van der Waals surface area contributed by atoms with Gasteiger partial charge in [0.2, 0.25) is 0 Å². The van der Waals surface area contributed by atoms with Gasteiger partial charge >= 0.3 is 0 Å². The van der Waals surface area contributed by atoms with E-state index in [0.29, 0.717) is 0 Å². The van der Waals surface area contributed by atoms with Gasteiger partial charge in [-0.2, -0.15) is 0 Å². The first kappa shape index (κ1) is 36.2. The van der Waals surface area contributed by atoms with E-state index in [1.54, 1.807) is 0 Å². The molecule has 2 bridgehead atoms. The van der Waals surface area contributed by atoms with Crippen molar-refractivity contribution in [2.24, 2.45) is 17.8 Å². The minimum absolute atomic E-state index is 0. The van der Waals surface area contributed by atoms with Gasteiger partial charge in [-0.25, -0.2) is 0 Å². The zero-order chi connectivity index (χ0) is 35.0. The molecule has 0 saturated heterocycles. The third-order valence-electron chi connectivity index (χ3n) is 11.2. The van der Waals surface area contributed by atoms with Crippen LogP contribution in [-0.2, 0) is 26.5 Å². The third kappa shape index (κ3) is 7.50. The predicted octanol–water partition coefficient (Wildman–Crippen LogP) is 11.9. The van der Waals surface area contributed by atoms with Crippen molar-refractivity contribution in [3.8, 4) is 33.6 Å². The maximum atomic E-state index is 6.46. The molecule has 1 radical (unpaired) electrons. The third-order valence-corrected chi connectivity index (χ3v) is 13.4. The molecular formula is C47H46IrN2OSi-2. The number of hydrogen-bond donors (Lipinski definition) is 0. The molecule has 52 heavy (non-hydrogen) atoms. The number of fused-ring (bicyclic) bond motifs is 6. The summed E-state index contributed by atoms with van der Waals surface area (Å²) in [6.07, 6.45) is 12.4. The van der Waals surface area contributed by atoms with Gasteiger partial charge in [0.05, 0.1) is 13.7 Å². The summed E-state index contributed by atoms with van der Waals surface area (Å²) < 4.78 is 6.46. The van der Waals surface area contributed by atoms with E-state index in [-0.39, 0.29) is 20.1 Å². The van der Waals surface area contributed by atoms with E-state index in [1.165, 1.54) is 66.0 Å². The molecule has 0 aliphatic heterocycles.